The molecule has 0 unspecified atom stereocenters. The Bertz CT molecular complexity index is 1680. The highest BCUT2D eigenvalue weighted by Crippen LogP contribution is 2.36. The third-order valence-corrected chi connectivity index (χ3v) is 7.58. The molecule has 3 aromatic rings. The number of aliphatic hydroxyl groups is 1. The smallest absolute Gasteiger partial charge is 0.337 e. The van der Waals surface area contributed by atoms with Gasteiger partial charge in [0.1, 0.15) is 13.2 Å². The van der Waals surface area contributed by atoms with E-state index in [1.807, 2.05) is 0 Å². The third kappa shape index (κ3) is 9.15. The molecule has 3 aromatic carbocycles. The molecule has 0 radical (unpaired) electrons. The summed E-state index contributed by atoms with van der Waals surface area (Å²) in [6.45, 7) is 3.69. The van der Waals surface area contributed by atoms with Gasteiger partial charge >= 0.3 is 18.0 Å². The standard InChI is InChI=1S/C32H32BrClN4O9/c1-4-45-25-13-21(28-27(31(42)44-3)17(2)36-32(43)37-28)9-10-24(25)46-16-26(39)38-35-14-19-11-22(33)29(23(34)12-19)47-15-18-5-7-20(8-6-18)30(40)41/h5-14,26,28,38-39H,4,15-16H2,1-3H3,(H,40,41)(H2,36,37,43)/b35-14-/t26-,28+/m1/s1. The van der Waals surface area contributed by atoms with Gasteiger partial charge in [-0.3, -0.25) is 5.43 Å². The maximum absolute atomic E-state index is 12.4. The van der Waals surface area contributed by atoms with Crippen LogP contribution in [0.25, 0.3) is 0 Å². The molecular weight excluding hydrogens is 700 g/mol. The van der Waals surface area contributed by atoms with Crippen molar-refractivity contribution in [2.45, 2.75) is 32.7 Å². The van der Waals surface area contributed by atoms with Crippen molar-refractivity contribution in [3.05, 3.63) is 97.6 Å². The van der Waals surface area contributed by atoms with Crippen LogP contribution in [0.5, 0.6) is 17.2 Å². The highest BCUT2D eigenvalue weighted by molar-refractivity contribution is 9.10. The van der Waals surface area contributed by atoms with E-state index >= 15 is 0 Å². The van der Waals surface area contributed by atoms with Gasteiger partial charge in [-0.1, -0.05) is 29.8 Å². The summed E-state index contributed by atoms with van der Waals surface area (Å²) in [5.74, 6) is -0.528. The van der Waals surface area contributed by atoms with Gasteiger partial charge in [-0.2, -0.15) is 5.10 Å². The molecule has 13 nitrogen and oxygen atoms in total. The lowest BCUT2D eigenvalue weighted by atomic mass is 9.95. The maximum Gasteiger partial charge on any atom is 0.337 e. The molecule has 0 aliphatic carbocycles. The van der Waals surface area contributed by atoms with Gasteiger partial charge in [0.15, 0.2) is 23.5 Å². The quantitative estimate of drug-likeness (QED) is 0.0664. The van der Waals surface area contributed by atoms with Crippen LogP contribution in [0.15, 0.2) is 75.4 Å². The number of carbonyl (C=O) groups excluding carboxylic acids is 2. The number of methoxy groups -OCH3 is 1. The van der Waals surface area contributed by atoms with Gasteiger partial charge in [0.2, 0.25) is 0 Å². The SMILES string of the molecule is CCOc1cc([C@@H]2NC(=O)NC(C)=C2C(=O)OC)ccc1OC[C@@H](O)N/N=C\c1cc(Cl)c(OCc2ccc(C(=O)O)cc2)c(Br)c1. The Morgan fingerprint density at radius 2 is 1.85 bits per heavy atom. The van der Waals surface area contributed by atoms with Crippen molar-refractivity contribution >= 4 is 51.7 Å². The Hall–Kier alpha value is -4.79. The number of carboxylic acid groups (broad SMARTS) is 1. The minimum absolute atomic E-state index is 0.174. The number of hydrogen-bond acceptors (Lipinski definition) is 10. The maximum atomic E-state index is 12.4. The van der Waals surface area contributed by atoms with Crippen LogP contribution in [0.4, 0.5) is 4.79 Å². The van der Waals surface area contributed by atoms with Gasteiger partial charge < -0.3 is 39.8 Å². The van der Waals surface area contributed by atoms with Crippen LogP contribution in [0.3, 0.4) is 0 Å². The zero-order valence-electron chi connectivity index (χ0n) is 25.5. The number of hydrazone groups is 1. The van der Waals surface area contributed by atoms with Crippen LogP contribution in [0, 0.1) is 0 Å². The van der Waals surface area contributed by atoms with Gasteiger partial charge in [-0.15, -0.1) is 0 Å². The zero-order chi connectivity index (χ0) is 34.1. The summed E-state index contributed by atoms with van der Waals surface area (Å²) in [6, 6.07) is 13.4. The van der Waals surface area contributed by atoms with E-state index in [0.29, 0.717) is 50.2 Å². The van der Waals surface area contributed by atoms with Crippen LogP contribution in [0.2, 0.25) is 5.02 Å². The number of nitrogens with one attached hydrogen (secondary N) is 3. The second-order valence-corrected chi connectivity index (χ2v) is 11.3. The molecule has 0 bridgehead atoms. The number of urea groups is 1. The van der Waals surface area contributed by atoms with E-state index in [1.165, 1.54) is 25.5 Å². The number of carbonyl (C=O) groups is 3. The molecule has 1 heterocycles. The number of halogens is 2. The number of rotatable bonds is 14. The fourth-order valence-corrected chi connectivity index (χ4v) is 5.50. The Kier molecular flexibility index (Phi) is 12.1. The van der Waals surface area contributed by atoms with Crippen LogP contribution in [-0.4, -0.2) is 60.9 Å². The van der Waals surface area contributed by atoms with E-state index < -0.39 is 30.2 Å². The molecule has 0 saturated heterocycles. The fraction of sp³-hybridized carbons (Fsp3) is 0.250. The molecule has 0 saturated carbocycles. The van der Waals surface area contributed by atoms with Crippen molar-refractivity contribution in [2.75, 3.05) is 20.3 Å². The third-order valence-electron chi connectivity index (χ3n) is 6.71. The van der Waals surface area contributed by atoms with Crippen molar-refractivity contribution in [1.82, 2.24) is 16.1 Å². The molecule has 2 amide bonds. The highest BCUT2D eigenvalue weighted by Gasteiger charge is 2.32. The molecule has 0 aromatic heterocycles. The molecular formula is C32H32BrClN4O9. The molecule has 15 heteroatoms. The number of nitrogens with zero attached hydrogens (tertiary/aromatic N) is 1. The number of allylic oxidation sites excluding steroid dienone is 1. The summed E-state index contributed by atoms with van der Waals surface area (Å²) in [7, 11) is 1.26. The number of ether oxygens (including phenoxy) is 4. The minimum Gasteiger partial charge on any atom is -0.490 e. The van der Waals surface area contributed by atoms with Crippen LogP contribution >= 0.6 is 27.5 Å². The second-order valence-electron chi connectivity index (χ2n) is 10.0. The summed E-state index contributed by atoms with van der Waals surface area (Å²) in [6.07, 6.45) is 0.255. The summed E-state index contributed by atoms with van der Waals surface area (Å²) in [5, 5.41) is 29.2. The molecule has 0 fully saturated rings. The van der Waals surface area contributed by atoms with Gasteiger partial charge in [-0.25, -0.2) is 14.4 Å². The molecule has 0 spiro atoms. The predicted molar refractivity (Wildman–Crippen MR) is 176 cm³/mol. The fourth-order valence-electron chi connectivity index (χ4n) is 4.51. The second kappa shape index (κ2) is 16.2. The summed E-state index contributed by atoms with van der Waals surface area (Å²) >= 11 is 9.87. The number of benzene rings is 3. The Morgan fingerprint density at radius 3 is 2.51 bits per heavy atom. The van der Waals surface area contributed by atoms with E-state index in [-0.39, 0.29) is 24.4 Å². The van der Waals surface area contributed by atoms with E-state index in [1.54, 1.807) is 56.3 Å². The summed E-state index contributed by atoms with van der Waals surface area (Å²) < 4.78 is 22.8. The Labute approximate surface area is 283 Å². The molecule has 4 rings (SSSR count). The lowest BCUT2D eigenvalue weighted by molar-refractivity contribution is -0.136. The van der Waals surface area contributed by atoms with Crippen molar-refractivity contribution in [3.8, 4) is 17.2 Å². The van der Waals surface area contributed by atoms with E-state index in [0.717, 1.165) is 5.56 Å². The number of esters is 1. The Morgan fingerprint density at radius 1 is 1.11 bits per heavy atom. The van der Waals surface area contributed by atoms with Gasteiger partial charge in [0.25, 0.3) is 0 Å². The highest BCUT2D eigenvalue weighted by atomic mass is 79.9. The lowest BCUT2D eigenvalue weighted by Crippen LogP contribution is -2.45. The van der Waals surface area contributed by atoms with Crippen molar-refractivity contribution in [1.29, 1.82) is 0 Å². The number of carboxylic acids is 1. The summed E-state index contributed by atoms with van der Waals surface area (Å²) in [5.41, 5.74) is 5.32. The van der Waals surface area contributed by atoms with Gasteiger partial charge in [-0.05, 0) is 82.9 Å². The monoisotopic (exact) mass is 730 g/mol. The normalized spacial score (nSPS) is 15.0. The van der Waals surface area contributed by atoms with Gasteiger partial charge in [0, 0.05) is 5.70 Å². The van der Waals surface area contributed by atoms with Crippen LogP contribution in [-0.2, 0) is 16.1 Å². The van der Waals surface area contributed by atoms with Crippen LogP contribution < -0.4 is 30.3 Å². The zero-order valence-corrected chi connectivity index (χ0v) is 27.8. The molecule has 47 heavy (non-hydrogen) atoms. The lowest BCUT2D eigenvalue weighted by Gasteiger charge is -2.28. The first-order chi connectivity index (χ1) is 22.5. The Balaban J connectivity index is 1.36. The first-order valence-electron chi connectivity index (χ1n) is 14.2. The number of aromatic carboxylic acids is 1. The van der Waals surface area contributed by atoms with E-state index in [4.69, 9.17) is 35.7 Å². The molecule has 1 aliphatic heterocycles. The van der Waals surface area contributed by atoms with E-state index in [2.05, 4.69) is 37.1 Å². The average molecular weight is 732 g/mol. The number of aliphatic hydroxyl groups excluding tert-OH is 1. The number of amides is 2. The molecule has 2 atom stereocenters. The van der Waals surface area contributed by atoms with Crippen LogP contribution in [0.1, 0.15) is 46.9 Å². The minimum atomic E-state index is -1.20. The first-order valence-corrected chi connectivity index (χ1v) is 15.3. The predicted octanol–water partition coefficient (Wildman–Crippen LogP) is 4.90. The topological polar surface area (TPSA) is 177 Å². The van der Waals surface area contributed by atoms with Crippen molar-refractivity contribution in [3.63, 3.8) is 0 Å². The van der Waals surface area contributed by atoms with Crippen molar-refractivity contribution in [2.24, 2.45) is 5.10 Å². The van der Waals surface area contributed by atoms with E-state index in [9.17, 15) is 19.5 Å². The summed E-state index contributed by atoms with van der Waals surface area (Å²) in [4.78, 5) is 35.6. The molecule has 5 N–H and O–H groups in total. The first kappa shape index (κ1) is 35.1. The number of hydrogen-bond donors (Lipinski definition) is 5. The van der Waals surface area contributed by atoms with Crippen molar-refractivity contribution < 1.29 is 43.5 Å². The molecule has 1 aliphatic rings. The average Bonchev–Trinajstić information content (AvgIpc) is 3.03. The largest absolute Gasteiger partial charge is 0.490 e. The molecule has 248 valence electrons. The van der Waals surface area contributed by atoms with Gasteiger partial charge in [0.05, 0.1) is 46.6 Å².